The number of amides is 1. The third-order valence-electron chi connectivity index (χ3n) is 5.22. The van der Waals surface area contributed by atoms with E-state index in [9.17, 15) is 18.0 Å². The molecule has 0 radical (unpaired) electrons. The average Bonchev–Trinajstić information content (AvgIpc) is 3.56. The van der Waals surface area contributed by atoms with Gasteiger partial charge in [0.1, 0.15) is 5.75 Å². The van der Waals surface area contributed by atoms with E-state index in [4.69, 9.17) is 9.47 Å². The maximum Gasteiger partial charge on any atom is 0.308 e. The van der Waals surface area contributed by atoms with Crippen LogP contribution in [-0.4, -0.2) is 39.5 Å². The van der Waals surface area contributed by atoms with Gasteiger partial charge in [0.05, 0.1) is 30.6 Å². The quantitative estimate of drug-likeness (QED) is 0.512. The molecular formula is C24H30N2O6S. The van der Waals surface area contributed by atoms with Crippen molar-refractivity contribution in [2.45, 2.75) is 63.1 Å². The summed E-state index contributed by atoms with van der Waals surface area (Å²) in [6, 6.07) is 10.8. The number of hydrogen-bond acceptors (Lipinski definition) is 6. The lowest BCUT2D eigenvalue weighted by Gasteiger charge is -2.20. The lowest BCUT2D eigenvalue weighted by Crippen LogP contribution is -2.32. The molecule has 9 heteroatoms. The number of carbonyl (C=O) groups excluding carboxylic acids is 2. The maximum absolute atomic E-state index is 13.2. The van der Waals surface area contributed by atoms with Gasteiger partial charge in [0.15, 0.2) is 0 Å². The fraction of sp³-hybridized carbons (Fsp3) is 0.417. The molecule has 0 heterocycles. The van der Waals surface area contributed by atoms with E-state index < -0.39 is 27.9 Å². The van der Waals surface area contributed by atoms with Crippen molar-refractivity contribution in [2.75, 3.05) is 7.11 Å². The van der Waals surface area contributed by atoms with Crippen LogP contribution >= 0.6 is 0 Å². The molecule has 0 aliphatic heterocycles. The first kappa shape index (κ1) is 24.7. The molecule has 0 saturated heterocycles. The van der Waals surface area contributed by atoms with E-state index in [1.807, 2.05) is 0 Å². The van der Waals surface area contributed by atoms with Crippen LogP contribution in [0.2, 0.25) is 0 Å². The first-order valence-electron chi connectivity index (χ1n) is 10.9. The predicted molar refractivity (Wildman–Crippen MR) is 124 cm³/mol. The molecule has 1 aliphatic rings. The minimum atomic E-state index is -3.71. The molecular weight excluding hydrogens is 444 g/mol. The summed E-state index contributed by atoms with van der Waals surface area (Å²) in [7, 11) is -2.16. The van der Waals surface area contributed by atoms with Crippen LogP contribution in [0.4, 0.5) is 0 Å². The molecule has 1 atom stereocenters. The molecule has 1 amide bonds. The number of rotatable bonds is 10. The predicted octanol–water partition coefficient (Wildman–Crippen LogP) is 3.26. The first-order valence-corrected chi connectivity index (χ1v) is 12.3. The third-order valence-corrected chi connectivity index (χ3v) is 6.74. The highest BCUT2D eigenvalue weighted by molar-refractivity contribution is 7.89. The van der Waals surface area contributed by atoms with Crippen molar-refractivity contribution in [3.63, 3.8) is 0 Å². The van der Waals surface area contributed by atoms with Gasteiger partial charge in [-0.15, -0.1) is 0 Å². The standard InChI is InChI=1S/C24H30N2O6S/c1-15(2)32-23(27)14-22(17-6-10-19(31-4)11-7-17)25-24(28)21-13-20(12-5-16(21)3)33(29,30)26-18-8-9-18/h5-7,10-13,15,18,22,26H,8-9,14H2,1-4H3,(H,25,28). The van der Waals surface area contributed by atoms with Crippen molar-refractivity contribution in [3.05, 3.63) is 59.2 Å². The highest BCUT2D eigenvalue weighted by Gasteiger charge is 2.29. The van der Waals surface area contributed by atoms with Crippen LogP contribution in [0, 0.1) is 6.92 Å². The second-order valence-corrected chi connectivity index (χ2v) is 10.1. The van der Waals surface area contributed by atoms with Crippen molar-refractivity contribution in [3.8, 4) is 5.75 Å². The van der Waals surface area contributed by atoms with Crippen LogP contribution in [0.5, 0.6) is 5.75 Å². The topological polar surface area (TPSA) is 111 Å². The van der Waals surface area contributed by atoms with Crippen molar-refractivity contribution in [1.82, 2.24) is 10.0 Å². The van der Waals surface area contributed by atoms with Crippen molar-refractivity contribution in [2.24, 2.45) is 0 Å². The number of carbonyl (C=O) groups is 2. The zero-order chi connectivity index (χ0) is 24.2. The van der Waals surface area contributed by atoms with Gasteiger partial charge in [0.25, 0.3) is 5.91 Å². The number of sulfonamides is 1. The lowest BCUT2D eigenvalue weighted by atomic mass is 10.0. The van der Waals surface area contributed by atoms with Crippen LogP contribution in [0.1, 0.15) is 60.6 Å². The van der Waals surface area contributed by atoms with Gasteiger partial charge in [-0.1, -0.05) is 18.2 Å². The number of nitrogens with one attached hydrogen (secondary N) is 2. The summed E-state index contributed by atoms with van der Waals surface area (Å²) in [5.74, 6) is -0.285. The van der Waals surface area contributed by atoms with Crippen LogP contribution < -0.4 is 14.8 Å². The molecule has 2 aromatic carbocycles. The SMILES string of the molecule is COc1ccc(C(CC(=O)OC(C)C)NC(=O)c2cc(S(=O)(=O)NC3CC3)ccc2C)cc1. The summed E-state index contributed by atoms with van der Waals surface area (Å²) in [4.78, 5) is 25.6. The number of aryl methyl sites for hydroxylation is 1. The molecule has 1 unspecified atom stereocenters. The Balaban J connectivity index is 1.85. The van der Waals surface area contributed by atoms with Crippen LogP contribution in [0.25, 0.3) is 0 Å². The molecule has 0 aromatic heterocycles. The fourth-order valence-corrected chi connectivity index (χ4v) is 4.63. The molecule has 0 spiro atoms. The van der Waals surface area contributed by atoms with Gasteiger partial charge in [-0.05, 0) is 69.0 Å². The lowest BCUT2D eigenvalue weighted by molar-refractivity contribution is -0.147. The second kappa shape index (κ2) is 10.4. The number of ether oxygens (including phenoxy) is 2. The van der Waals surface area contributed by atoms with Gasteiger partial charge in [0, 0.05) is 11.6 Å². The summed E-state index contributed by atoms with van der Waals surface area (Å²) < 4.78 is 38.3. The molecule has 3 rings (SSSR count). The Bertz CT molecular complexity index is 1110. The molecule has 33 heavy (non-hydrogen) atoms. The largest absolute Gasteiger partial charge is 0.497 e. The average molecular weight is 475 g/mol. The van der Waals surface area contributed by atoms with Gasteiger partial charge >= 0.3 is 5.97 Å². The highest BCUT2D eigenvalue weighted by Crippen LogP contribution is 2.25. The monoisotopic (exact) mass is 474 g/mol. The van der Waals surface area contributed by atoms with E-state index in [0.29, 0.717) is 16.9 Å². The minimum Gasteiger partial charge on any atom is -0.497 e. The van der Waals surface area contributed by atoms with Crippen molar-refractivity contribution >= 4 is 21.9 Å². The van der Waals surface area contributed by atoms with Gasteiger partial charge in [-0.25, -0.2) is 13.1 Å². The molecule has 2 aromatic rings. The molecule has 2 N–H and O–H groups in total. The van der Waals surface area contributed by atoms with Crippen molar-refractivity contribution < 1.29 is 27.5 Å². The van der Waals surface area contributed by atoms with Gasteiger partial charge in [-0.2, -0.15) is 0 Å². The third kappa shape index (κ3) is 6.79. The zero-order valence-electron chi connectivity index (χ0n) is 19.3. The highest BCUT2D eigenvalue weighted by atomic mass is 32.2. The Morgan fingerprint density at radius 3 is 2.33 bits per heavy atom. The summed E-state index contributed by atoms with van der Waals surface area (Å²) in [6.07, 6.45) is 1.27. The van der Waals surface area contributed by atoms with Gasteiger partial charge in [0.2, 0.25) is 10.0 Å². The Morgan fingerprint density at radius 1 is 1.09 bits per heavy atom. The number of hydrogen-bond donors (Lipinski definition) is 2. The normalized spacial score (nSPS) is 14.6. The molecule has 1 fully saturated rings. The molecule has 178 valence electrons. The molecule has 0 bridgehead atoms. The van der Waals surface area contributed by atoms with E-state index in [1.54, 1.807) is 58.2 Å². The summed E-state index contributed by atoms with van der Waals surface area (Å²) in [6.45, 7) is 5.24. The molecule has 8 nitrogen and oxygen atoms in total. The van der Waals surface area contributed by atoms with Crippen LogP contribution in [0.15, 0.2) is 47.4 Å². The van der Waals surface area contributed by atoms with Gasteiger partial charge < -0.3 is 14.8 Å². The van der Waals surface area contributed by atoms with E-state index in [-0.39, 0.29) is 29.0 Å². The van der Waals surface area contributed by atoms with Crippen LogP contribution in [0.3, 0.4) is 0 Å². The summed E-state index contributed by atoms with van der Waals surface area (Å²) >= 11 is 0. The summed E-state index contributed by atoms with van der Waals surface area (Å²) in [5, 5.41) is 2.87. The molecule has 1 aliphatic carbocycles. The smallest absolute Gasteiger partial charge is 0.308 e. The number of esters is 1. The number of benzene rings is 2. The van der Waals surface area contributed by atoms with E-state index in [0.717, 1.165) is 12.8 Å². The Hall–Kier alpha value is -2.91. The number of methoxy groups -OCH3 is 1. The Labute approximate surface area is 194 Å². The fourth-order valence-electron chi connectivity index (χ4n) is 3.30. The Kier molecular flexibility index (Phi) is 7.76. The van der Waals surface area contributed by atoms with E-state index in [1.165, 1.54) is 12.1 Å². The summed E-state index contributed by atoms with van der Waals surface area (Å²) in [5.41, 5.74) is 1.54. The minimum absolute atomic E-state index is 0.0327. The van der Waals surface area contributed by atoms with Crippen molar-refractivity contribution in [1.29, 1.82) is 0 Å². The van der Waals surface area contributed by atoms with E-state index >= 15 is 0 Å². The Morgan fingerprint density at radius 2 is 1.76 bits per heavy atom. The maximum atomic E-state index is 13.2. The first-order chi connectivity index (χ1) is 15.6. The zero-order valence-corrected chi connectivity index (χ0v) is 20.1. The van der Waals surface area contributed by atoms with E-state index in [2.05, 4.69) is 10.0 Å². The molecule has 1 saturated carbocycles. The second-order valence-electron chi connectivity index (χ2n) is 8.41. The van der Waals surface area contributed by atoms with Crippen LogP contribution in [-0.2, 0) is 19.6 Å². The van der Waals surface area contributed by atoms with Gasteiger partial charge in [-0.3, -0.25) is 9.59 Å².